The maximum absolute atomic E-state index is 6.01. The van der Waals surface area contributed by atoms with Gasteiger partial charge >= 0.3 is 0 Å². The largest absolute Gasteiger partial charge is 0.381 e. The Morgan fingerprint density at radius 1 is 1.00 bits per heavy atom. The maximum atomic E-state index is 6.01. The fraction of sp³-hybridized carbons (Fsp3) is 1.00. The first-order valence-corrected chi connectivity index (χ1v) is 7.97. The second-order valence-electron chi connectivity index (χ2n) is 7.19. The summed E-state index contributed by atoms with van der Waals surface area (Å²) in [6, 6.07) is 0.811. The van der Waals surface area contributed by atoms with Crippen LogP contribution in [-0.2, 0) is 4.74 Å². The van der Waals surface area contributed by atoms with Crippen LogP contribution in [0.5, 0.6) is 0 Å². The lowest BCUT2D eigenvalue weighted by Crippen LogP contribution is -2.34. The Labute approximate surface area is 113 Å². The topological polar surface area (TPSA) is 21.3 Å². The van der Waals surface area contributed by atoms with Gasteiger partial charge in [-0.15, -0.1) is 0 Å². The maximum Gasteiger partial charge on any atom is 0.0529 e. The minimum atomic E-state index is 0.285. The highest BCUT2D eigenvalue weighted by atomic mass is 16.5. The molecule has 2 nitrogen and oxygen atoms in total. The molecular weight excluding hydrogens is 222 g/mol. The summed E-state index contributed by atoms with van der Waals surface area (Å²) in [4.78, 5) is 0. The highest BCUT2D eigenvalue weighted by Gasteiger charge is 2.25. The summed E-state index contributed by atoms with van der Waals surface area (Å²) in [5.74, 6) is 0.833. The summed E-state index contributed by atoms with van der Waals surface area (Å²) in [5.41, 5.74) is 0.285. The first-order valence-electron chi connectivity index (χ1n) is 7.97. The molecule has 2 heteroatoms. The SMILES string of the molecule is CC(C)(CNC1CC1)COCC1CCCCCC1. The molecule has 0 aromatic heterocycles. The van der Waals surface area contributed by atoms with Crippen LogP contribution in [0.25, 0.3) is 0 Å². The van der Waals surface area contributed by atoms with E-state index in [4.69, 9.17) is 4.74 Å². The minimum absolute atomic E-state index is 0.285. The normalized spacial score (nSPS) is 23.0. The van der Waals surface area contributed by atoms with Crippen LogP contribution in [0.3, 0.4) is 0 Å². The number of nitrogens with one attached hydrogen (secondary N) is 1. The lowest BCUT2D eigenvalue weighted by molar-refractivity contribution is 0.0369. The fourth-order valence-electron chi connectivity index (χ4n) is 2.79. The van der Waals surface area contributed by atoms with E-state index >= 15 is 0 Å². The molecule has 1 N–H and O–H groups in total. The Bertz CT molecular complexity index is 227. The van der Waals surface area contributed by atoms with Crippen LogP contribution < -0.4 is 5.32 Å². The third-order valence-electron chi connectivity index (χ3n) is 4.27. The standard InChI is InChI=1S/C16H31NO/c1-16(2,12-17-15-9-10-15)13-18-11-14-7-5-3-4-6-8-14/h14-15,17H,3-13H2,1-2H3. The Morgan fingerprint density at radius 3 is 2.28 bits per heavy atom. The molecule has 0 heterocycles. The first-order chi connectivity index (χ1) is 8.66. The molecule has 0 aromatic carbocycles. The van der Waals surface area contributed by atoms with Crippen LogP contribution in [0.1, 0.15) is 65.2 Å². The van der Waals surface area contributed by atoms with Crippen molar-refractivity contribution < 1.29 is 4.74 Å². The van der Waals surface area contributed by atoms with Crippen molar-refractivity contribution in [2.45, 2.75) is 71.3 Å². The second kappa shape index (κ2) is 6.91. The molecular formula is C16H31NO. The van der Waals surface area contributed by atoms with Crippen molar-refractivity contribution in [2.24, 2.45) is 11.3 Å². The van der Waals surface area contributed by atoms with Crippen molar-refractivity contribution in [2.75, 3.05) is 19.8 Å². The van der Waals surface area contributed by atoms with Crippen molar-refractivity contribution in [3.05, 3.63) is 0 Å². The summed E-state index contributed by atoms with van der Waals surface area (Å²) in [6.45, 7) is 7.63. The zero-order valence-electron chi connectivity index (χ0n) is 12.3. The fourth-order valence-corrected chi connectivity index (χ4v) is 2.79. The van der Waals surface area contributed by atoms with Crippen LogP contribution in [0, 0.1) is 11.3 Å². The van der Waals surface area contributed by atoms with Gasteiger partial charge < -0.3 is 10.1 Å². The van der Waals surface area contributed by atoms with Gasteiger partial charge in [0.1, 0.15) is 0 Å². The molecule has 0 radical (unpaired) electrons. The lowest BCUT2D eigenvalue weighted by Gasteiger charge is -2.26. The smallest absolute Gasteiger partial charge is 0.0529 e. The average molecular weight is 253 g/mol. The van der Waals surface area contributed by atoms with E-state index in [1.165, 1.54) is 51.4 Å². The van der Waals surface area contributed by atoms with Crippen molar-refractivity contribution in [1.82, 2.24) is 5.32 Å². The average Bonchev–Trinajstić information content (AvgIpc) is 3.14. The van der Waals surface area contributed by atoms with E-state index < -0.39 is 0 Å². The first kappa shape index (κ1) is 14.3. The van der Waals surface area contributed by atoms with E-state index in [1.807, 2.05) is 0 Å². The van der Waals surface area contributed by atoms with Crippen LogP contribution in [0.4, 0.5) is 0 Å². The predicted molar refractivity (Wildman–Crippen MR) is 76.8 cm³/mol. The van der Waals surface area contributed by atoms with Crippen molar-refractivity contribution in [1.29, 1.82) is 0 Å². The van der Waals surface area contributed by atoms with Gasteiger partial charge in [0.25, 0.3) is 0 Å². The van der Waals surface area contributed by atoms with Gasteiger partial charge in [0, 0.05) is 24.6 Å². The van der Waals surface area contributed by atoms with E-state index in [0.717, 1.165) is 31.7 Å². The molecule has 0 aromatic rings. The van der Waals surface area contributed by atoms with Gasteiger partial charge in [0.05, 0.1) is 6.61 Å². The molecule has 2 fully saturated rings. The van der Waals surface area contributed by atoms with E-state index in [1.54, 1.807) is 0 Å². The van der Waals surface area contributed by atoms with Crippen LogP contribution in [-0.4, -0.2) is 25.8 Å². The monoisotopic (exact) mass is 253 g/mol. The van der Waals surface area contributed by atoms with Crippen LogP contribution >= 0.6 is 0 Å². The quantitative estimate of drug-likeness (QED) is 0.698. The van der Waals surface area contributed by atoms with Crippen molar-refractivity contribution in [3.8, 4) is 0 Å². The van der Waals surface area contributed by atoms with Crippen LogP contribution in [0.15, 0.2) is 0 Å². The highest BCUT2D eigenvalue weighted by molar-refractivity contribution is 4.84. The zero-order chi connectivity index (χ0) is 12.8. The Morgan fingerprint density at radius 2 is 1.67 bits per heavy atom. The van der Waals surface area contributed by atoms with Gasteiger partial charge in [-0.3, -0.25) is 0 Å². The molecule has 2 aliphatic rings. The highest BCUT2D eigenvalue weighted by Crippen LogP contribution is 2.25. The molecule has 2 rings (SSSR count). The van der Waals surface area contributed by atoms with E-state index in [-0.39, 0.29) is 5.41 Å². The molecule has 0 bridgehead atoms. The third-order valence-corrected chi connectivity index (χ3v) is 4.27. The molecule has 0 saturated heterocycles. The van der Waals surface area contributed by atoms with E-state index in [2.05, 4.69) is 19.2 Å². The number of rotatable bonds is 7. The van der Waals surface area contributed by atoms with Gasteiger partial charge in [-0.1, -0.05) is 39.5 Å². The molecule has 106 valence electrons. The van der Waals surface area contributed by atoms with Gasteiger partial charge in [0.15, 0.2) is 0 Å². The van der Waals surface area contributed by atoms with Gasteiger partial charge in [-0.05, 0) is 31.6 Å². The summed E-state index contributed by atoms with van der Waals surface area (Å²) >= 11 is 0. The Balaban J connectivity index is 1.57. The molecule has 0 amide bonds. The number of hydrogen-bond acceptors (Lipinski definition) is 2. The predicted octanol–water partition coefficient (Wildman–Crippen LogP) is 3.75. The molecule has 0 spiro atoms. The minimum Gasteiger partial charge on any atom is -0.381 e. The molecule has 2 saturated carbocycles. The lowest BCUT2D eigenvalue weighted by atomic mass is 9.94. The Kier molecular flexibility index (Phi) is 5.50. The van der Waals surface area contributed by atoms with Gasteiger partial charge in [0.2, 0.25) is 0 Å². The third kappa shape index (κ3) is 5.71. The molecule has 2 aliphatic carbocycles. The van der Waals surface area contributed by atoms with E-state index in [0.29, 0.717) is 0 Å². The molecule has 0 atom stereocenters. The Hall–Kier alpha value is -0.0800. The summed E-state index contributed by atoms with van der Waals surface area (Å²) in [5, 5.41) is 3.62. The molecule has 0 aliphatic heterocycles. The summed E-state index contributed by atoms with van der Waals surface area (Å²) < 4.78 is 6.01. The van der Waals surface area contributed by atoms with Crippen molar-refractivity contribution in [3.63, 3.8) is 0 Å². The van der Waals surface area contributed by atoms with E-state index in [9.17, 15) is 0 Å². The molecule has 18 heavy (non-hydrogen) atoms. The van der Waals surface area contributed by atoms with Gasteiger partial charge in [-0.25, -0.2) is 0 Å². The second-order valence-corrected chi connectivity index (χ2v) is 7.19. The van der Waals surface area contributed by atoms with Crippen LogP contribution in [0.2, 0.25) is 0 Å². The summed E-state index contributed by atoms with van der Waals surface area (Å²) in [7, 11) is 0. The van der Waals surface area contributed by atoms with Crippen molar-refractivity contribution >= 4 is 0 Å². The zero-order valence-corrected chi connectivity index (χ0v) is 12.3. The molecule has 0 unspecified atom stereocenters. The van der Waals surface area contributed by atoms with Gasteiger partial charge in [-0.2, -0.15) is 0 Å². The number of ether oxygens (including phenoxy) is 1. The number of hydrogen-bond donors (Lipinski definition) is 1. The summed E-state index contributed by atoms with van der Waals surface area (Å²) in [6.07, 6.45) is 11.2.